The van der Waals surface area contributed by atoms with Gasteiger partial charge in [0, 0.05) is 25.7 Å². The molecule has 6 atom stereocenters. The minimum atomic E-state index is -4.96. The number of hydrogen-bond acceptors (Lipinski definition) is 15. The van der Waals surface area contributed by atoms with Gasteiger partial charge in [-0.15, -0.1) is 0 Å². The number of ether oxygens (including phenoxy) is 4. The lowest BCUT2D eigenvalue weighted by molar-refractivity contribution is -0.161. The average molecular weight is 1440 g/mol. The Hall–Kier alpha value is -1.94. The standard InChI is InChI=1S/C79H154O17P2/c1-8-10-11-12-13-14-15-22-28-34-39-48-55-62-79(84)96-75(67-90-77(82)61-54-47-42-41-44-51-58-71(5)6)69-94-98(87,88)92-65-73(80)64-91-97(85,86)93-68-74(66-89-76(81)60-53-46-38-33-30-25-26-31-36-43-50-57-70(3)4)95-78(83)63-56-49-40-35-29-24-21-19-17-16-18-20-23-27-32-37-45-52-59-72(7)9-2/h70-75,80H,8-69H2,1-7H3,(H,85,86)(H,87,88)/t72?,73-,74-,75-/m1/s1. The van der Waals surface area contributed by atoms with E-state index in [9.17, 15) is 43.2 Å². The average Bonchev–Trinajstić information content (AvgIpc) is 1.03. The van der Waals surface area contributed by atoms with E-state index in [2.05, 4.69) is 48.5 Å². The van der Waals surface area contributed by atoms with Crippen LogP contribution >= 0.6 is 15.6 Å². The third kappa shape index (κ3) is 71.1. The van der Waals surface area contributed by atoms with Crippen LogP contribution in [0.15, 0.2) is 0 Å². The molecule has 0 fully saturated rings. The highest BCUT2D eigenvalue weighted by Gasteiger charge is 2.30. The van der Waals surface area contributed by atoms with Crippen LogP contribution in [0.2, 0.25) is 0 Å². The minimum Gasteiger partial charge on any atom is -0.462 e. The van der Waals surface area contributed by atoms with Gasteiger partial charge in [-0.2, -0.15) is 0 Å². The van der Waals surface area contributed by atoms with Gasteiger partial charge in [0.2, 0.25) is 0 Å². The summed E-state index contributed by atoms with van der Waals surface area (Å²) < 4.78 is 68.6. The lowest BCUT2D eigenvalue weighted by Gasteiger charge is -2.21. The fourth-order valence-corrected chi connectivity index (χ4v) is 13.7. The highest BCUT2D eigenvalue weighted by molar-refractivity contribution is 7.47. The summed E-state index contributed by atoms with van der Waals surface area (Å²) >= 11 is 0. The zero-order valence-corrected chi connectivity index (χ0v) is 66.0. The summed E-state index contributed by atoms with van der Waals surface area (Å²) in [5, 5.41) is 10.6. The second kappa shape index (κ2) is 69.4. The first-order valence-corrected chi connectivity index (χ1v) is 43.9. The Kier molecular flexibility index (Phi) is 68.1. The largest absolute Gasteiger partial charge is 0.472 e. The zero-order chi connectivity index (χ0) is 72.3. The van der Waals surface area contributed by atoms with Crippen molar-refractivity contribution >= 4 is 39.5 Å². The smallest absolute Gasteiger partial charge is 0.462 e. The Labute approximate surface area is 600 Å². The Bertz CT molecular complexity index is 1910. The highest BCUT2D eigenvalue weighted by atomic mass is 31.2. The summed E-state index contributed by atoms with van der Waals surface area (Å²) in [5.41, 5.74) is 0. The molecular weight excluding hydrogens is 1280 g/mol. The van der Waals surface area contributed by atoms with Gasteiger partial charge in [-0.05, 0) is 43.4 Å². The molecule has 3 N–H and O–H groups in total. The molecule has 0 spiro atoms. The molecule has 19 heteroatoms. The summed E-state index contributed by atoms with van der Waals surface area (Å²) in [7, 11) is -9.91. The van der Waals surface area contributed by atoms with Gasteiger partial charge in [0.15, 0.2) is 12.2 Å². The first-order chi connectivity index (χ1) is 47.3. The van der Waals surface area contributed by atoms with Crippen molar-refractivity contribution in [2.75, 3.05) is 39.6 Å². The zero-order valence-electron chi connectivity index (χ0n) is 64.3. The van der Waals surface area contributed by atoms with Crippen LogP contribution in [-0.2, 0) is 65.4 Å². The molecule has 98 heavy (non-hydrogen) atoms. The Morgan fingerprint density at radius 2 is 0.520 bits per heavy atom. The van der Waals surface area contributed by atoms with E-state index in [0.717, 1.165) is 108 Å². The second-order valence-electron chi connectivity index (χ2n) is 29.6. The maximum Gasteiger partial charge on any atom is 0.472 e. The number of rotatable bonds is 77. The fraction of sp³-hybridized carbons (Fsp3) is 0.949. The van der Waals surface area contributed by atoms with Gasteiger partial charge in [-0.25, -0.2) is 9.13 Å². The van der Waals surface area contributed by atoms with Crippen LogP contribution in [0.1, 0.15) is 408 Å². The summed E-state index contributed by atoms with van der Waals surface area (Å²) in [6, 6.07) is 0. The van der Waals surface area contributed by atoms with Gasteiger partial charge in [0.25, 0.3) is 0 Å². The quantitative estimate of drug-likeness (QED) is 0.0222. The lowest BCUT2D eigenvalue weighted by Crippen LogP contribution is -2.30. The Balaban J connectivity index is 5.19. The molecule has 0 radical (unpaired) electrons. The summed E-state index contributed by atoms with van der Waals surface area (Å²) in [6.45, 7) is 11.9. The number of hydrogen-bond donors (Lipinski definition) is 3. The van der Waals surface area contributed by atoms with Crippen LogP contribution in [0.25, 0.3) is 0 Å². The van der Waals surface area contributed by atoms with E-state index in [1.165, 1.54) is 212 Å². The number of carbonyl (C=O) groups excluding carboxylic acids is 4. The molecule has 0 aliphatic carbocycles. The maximum absolute atomic E-state index is 13.1. The van der Waals surface area contributed by atoms with E-state index in [1.54, 1.807) is 0 Å². The minimum absolute atomic E-state index is 0.106. The van der Waals surface area contributed by atoms with Crippen LogP contribution < -0.4 is 0 Å². The van der Waals surface area contributed by atoms with E-state index in [1.807, 2.05) is 0 Å². The number of aliphatic hydroxyl groups is 1. The molecule has 0 aromatic rings. The van der Waals surface area contributed by atoms with Gasteiger partial charge in [-0.1, -0.05) is 357 Å². The summed E-state index contributed by atoms with van der Waals surface area (Å²) in [4.78, 5) is 72.9. The number of phosphoric ester groups is 2. The van der Waals surface area contributed by atoms with Gasteiger partial charge in [0.1, 0.15) is 19.3 Å². The molecule has 3 unspecified atom stereocenters. The van der Waals surface area contributed by atoms with Gasteiger partial charge >= 0.3 is 39.5 Å². The van der Waals surface area contributed by atoms with Crippen molar-refractivity contribution in [2.45, 2.75) is 426 Å². The third-order valence-electron chi connectivity index (χ3n) is 18.7. The molecule has 0 heterocycles. The highest BCUT2D eigenvalue weighted by Crippen LogP contribution is 2.45. The molecule has 0 aromatic carbocycles. The molecular formula is C79H154O17P2. The van der Waals surface area contributed by atoms with E-state index in [-0.39, 0.29) is 25.7 Å². The summed E-state index contributed by atoms with van der Waals surface area (Å²) in [6.07, 6.45) is 57.0. The predicted molar refractivity (Wildman–Crippen MR) is 400 cm³/mol. The van der Waals surface area contributed by atoms with Crippen molar-refractivity contribution in [3.8, 4) is 0 Å². The van der Waals surface area contributed by atoms with E-state index >= 15 is 0 Å². The molecule has 0 aliphatic heterocycles. The van der Waals surface area contributed by atoms with E-state index < -0.39 is 97.5 Å². The number of phosphoric acid groups is 2. The van der Waals surface area contributed by atoms with Crippen molar-refractivity contribution in [1.82, 2.24) is 0 Å². The molecule has 0 rings (SSSR count). The van der Waals surface area contributed by atoms with E-state index in [0.29, 0.717) is 31.6 Å². The van der Waals surface area contributed by atoms with Gasteiger partial charge in [-0.3, -0.25) is 37.3 Å². The predicted octanol–water partition coefficient (Wildman–Crippen LogP) is 23.4. The molecule has 0 bridgehead atoms. The van der Waals surface area contributed by atoms with Crippen molar-refractivity contribution in [3.05, 3.63) is 0 Å². The number of carbonyl (C=O) groups is 4. The SMILES string of the molecule is CCCCCCCCCCCCCCCC(=O)O[C@H](COC(=O)CCCCCCCCC(C)C)COP(=O)(O)OC[C@H](O)COP(=O)(O)OC[C@@H](COC(=O)CCCCCCCCCCCCCC(C)C)OC(=O)CCCCCCCCCCCCCCCCCCCCC(C)CC. The topological polar surface area (TPSA) is 237 Å². The molecule has 17 nitrogen and oxygen atoms in total. The summed E-state index contributed by atoms with van der Waals surface area (Å²) in [5.74, 6) is 0.206. The molecule has 582 valence electrons. The van der Waals surface area contributed by atoms with Crippen molar-refractivity contribution < 1.29 is 80.2 Å². The second-order valence-corrected chi connectivity index (χ2v) is 32.6. The molecule has 0 aromatic heterocycles. The van der Waals surface area contributed by atoms with Crippen molar-refractivity contribution in [1.29, 1.82) is 0 Å². The third-order valence-corrected chi connectivity index (χ3v) is 20.6. The maximum atomic E-state index is 13.1. The van der Waals surface area contributed by atoms with Crippen molar-refractivity contribution in [2.24, 2.45) is 17.8 Å². The molecule has 0 aliphatic rings. The lowest BCUT2D eigenvalue weighted by atomic mass is 9.99. The fourth-order valence-electron chi connectivity index (χ4n) is 12.1. The van der Waals surface area contributed by atoms with E-state index in [4.69, 9.17) is 37.0 Å². The van der Waals surface area contributed by atoms with Crippen LogP contribution in [0, 0.1) is 17.8 Å². The first kappa shape index (κ1) is 96.1. The number of unbranched alkanes of at least 4 members (excludes halogenated alkanes) is 44. The van der Waals surface area contributed by atoms with Crippen molar-refractivity contribution in [3.63, 3.8) is 0 Å². The van der Waals surface area contributed by atoms with Crippen LogP contribution in [0.4, 0.5) is 0 Å². The Morgan fingerprint density at radius 3 is 0.776 bits per heavy atom. The molecule has 0 amide bonds. The van der Waals surface area contributed by atoms with Gasteiger partial charge < -0.3 is 33.8 Å². The normalized spacial score (nSPS) is 14.3. The van der Waals surface area contributed by atoms with Crippen LogP contribution in [0.5, 0.6) is 0 Å². The first-order valence-electron chi connectivity index (χ1n) is 40.9. The molecule has 0 saturated carbocycles. The van der Waals surface area contributed by atoms with Gasteiger partial charge in [0.05, 0.1) is 26.4 Å². The van der Waals surface area contributed by atoms with Crippen LogP contribution in [0.3, 0.4) is 0 Å². The van der Waals surface area contributed by atoms with Crippen LogP contribution in [-0.4, -0.2) is 96.7 Å². The number of esters is 4. The Morgan fingerprint density at radius 1 is 0.296 bits per heavy atom. The number of aliphatic hydroxyl groups excluding tert-OH is 1. The monoisotopic (exact) mass is 1440 g/mol. The molecule has 0 saturated heterocycles.